The standard InChI is InChI=1S/C10H12.C9H18O2/c1-2-3-4-8-7-9-5-6-10(8)9;1-2-3-4-5-9-8-10-6-7-11-9/h5-7H,2-4H2,1H3;9H,2-8H2,1H3. The molecule has 21 heavy (non-hydrogen) atoms. The highest BCUT2D eigenvalue weighted by atomic mass is 16.6. The Balaban J connectivity index is 0.000000154. The van der Waals surface area contributed by atoms with Crippen molar-refractivity contribution in [2.75, 3.05) is 19.8 Å². The molecular weight excluding hydrogens is 260 g/mol. The van der Waals surface area contributed by atoms with Gasteiger partial charge in [0, 0.05) is 0 Å². The second-order valence-electron chi connectivity index (χ2n) is 6.04. The summed E-state index contributed by atoms with van der Waals surface area (Å²) < 4.78 is 10.8. The van der Waals surface area contributed by atoms with Gasteiger partial charge in [0.25, 0.3) is 0 Å². The van der Waals surface area contributed by atoms with Crippen molar-refractivity contribution in [2.45, 2.75) is 64.9 Å². The second-order valence-corrected chi connectivity index (χ2v) is 6.04. The topological polar surface area (TPSA) is 18.5 Å². The van der Waals surface area contributed by atoms with Crippen molar-refractivity contribution in [3.63, 3.8) is 0 Å². The first-order chi connectivity index (χ1) is 10.3. The number of hydrogen-bond donors (Lipinski definition) is 0. The van der Waals surface area contributed by atoms with Crippen molar-refractivity contribution in [2.24, 2.45) is 0 Å². The van der Waals surface area contributed by atoms with E-state index in [-0.39, 0.29) is 0 Å². The van der Waals surface area contributed by atoms with E-state index in [2.05, 4.69) is 32.0 Å². The Hall–Kier alpha value is -0.860. The number of rotatable bonds is 7. The van der Waals surface area contributed by atoms with Gasteiger partial charge in [-0.15, -0.1) is 0 Å². The molecule has 3 rings (SSSR count). The molecule has 0 saturated carbocycles. The molecule has 0 bridgehead atoms. The number of benzene rings is 1. The summed E-state index contributed by atoms with van der Waals surface area (Å²) >= 11 is 0. The lowest BCUT2D eigenvalue weighted by Gasteiger charge is -2.22. The lowest BCUT2D eigenvalue weighted by atomic mass is 9.95. The Labute approximate surface area is 129 Å². The minimum absolute atomic E-state index is 0.385. The van der Waals surface area contributed by atoms with Crippen LogP contribution in [0, 0.1) is 10.4 Å². The summed E-state index contributed by atoms with van der Waals surface area (Å²) in [6, 6.07) is 6.72. The fraction of sp³-hybridized carbons (Fsp3) is 0.684. The van der Waals surface area contributed by atoms with Gasteiger partial charge in [-0.3, -0.25) is 0 Å². The van der Waals surface area contributed by atoms with E-state index in [9.17, 15) is 0 Å². The summed E-state index contributed by atoms with van der Waals surface area (Å²) in [5, 5.41) is 3.01. The molecule has 1 fully saturated rings. The predicted molar refractivity (Wildman–Crippen MR) is 87.4 cm³/mol. The molecule has 2 nitrogen and oxygen atoms in total. The van der Waals surface area contributed by atoms with Crippen molar-refractivity contribution in [1.82, 2.24) is 0 Å². The van der Waals surface area contributed by atoms with Crippen LogP contribution in [0.3, 0.4) is 0 Å². The summed E-state index contributed by atoms with van der Waals surface area (Å²) in [5.74, 6) is 0. The zero-order valence-corrected chi connectivity index (χ0v) is 13.7. The van der Waals surface area contributed by atoms with Crippen LogP contribution in [0.15, 0.2) is 18.2 Å². The van der Waals surface area contributed by atoms with Gasteiger partial charge < -0.3 is 9.47 Å². The fourth-order valence-electron chi connectivity index (χ4n) is 2.77. The molecule has 1 atom stereocenters. The third kappa shape index (κ3) is 5.12. The first-order valence-corrected chi connectivity index (χ1v) is 8.67. The van der Waals surface area contributed by atoms with Crippen LogP contribution in [0.25, 0.3) is 0 Å². The van der Waals surface area contributed by atoms with Gasteiger partial charge >= 0.3 is 0 Å². The molecule has 118 valence electrons. The average molecular weight is 290 g/mol. The molecule has 0 N–H and O–H groups in total. The highest BCUT2D eigenvalue weighted by molar-refractivity contribution is 5.33. The summed E-state index contributed by atoms with van der Waals surface area (Å²) in [4.78, 5) is 0. The maximum absolute atomic E-state index is 5.50. The zero-order valence-electron chi connectivity index (χ0n) is 13.7. The van der Waals surface area contributed by atoms with Crippen molar-refractivity contribution < 1.29 is 9.47 Å². The Morgan fingerprint density at radius 2 is 1.90 bits per heavy atom. The maximum atomic E-state index is 5.50. The van der Waals surface area contributed by atoms with Crippen LogP contribution in [0.1, 0.15) is 57.9 Å². The lowest BCUT2D eigenvalue weighted by molar-refractivity contribution is -0.0912. The van der Waals surface area contributed by atoms with Gasteiger partial charge in [-0.1, -0.05) is 57.7 Å². The van der Waals surface area contributed by atoms with Crippen molar-refractivity contribution >= 4 is 0 Å². The molecule has 0 aromatic carbocycles. The molecule has 1 heterocycles. The van der Waals surface area contributed by atoms with Crippen LogP contribution in [0.2, 0.25) is 0 Å². The van der Waals surface area contributed by atoms with Crippen LogP contribution >= 0.6 is 0 Å². The van der Waals surface area contributed by atoms with Gasteiger partial charge in [0.05, 0.1) is 25.9 Å². The molecule has 0 aromatic heterocycles. The molecule has 3 aliphatic rings. The summed E-state index contributed by atoms with van der Waals surface area (Å²) in [6.07, 6.45) is 9.39. The molecule has 0 amide bonds. The van der Waals surface area contributed by atoms with Gasteiger partial charge in [-0.05, 0) is 35.3 Å². The molecule has 1 aliphatic heterocycles. The summed E-state index contributed by atoms with van der Waals surface area (Å²) in [5.41, 5.74) is 1.58. The fourth-order valence-corrected chi connectivity index (χ4v) is 2.77. The van der Waals surface area contributed by atoms with E-state index in [1.54, 1.807) is 5.56 Å². The molecule has 2 aliphatic carbocycles. The number of aryl methyl sites for hydroxylation is 1. The number of ether oxygens (including phenoxy) is 2. The largest absolute Gasteiger partial charge is 0.376 e. The smallest absolute Gasteiger partial charge is 0.0809 e. The normalized spacial score (nSPS) is 18.9. The molecule has 0 radical (unpaired) electrons. The van der Waals surface area contributed by atoms with Crippen molar-refractivity contribution in [3.8, 4) is 0 Å². The van der Waals surface area contributed by atoms with E-state index in [1.165, 1.54) is 55.4 Å². The molecule has 1 saturated heterocycles. The predicted octanol–water partition coefficient (Wildman–Crippen LogP) is 4.61. The second kappa shape index (κ2) is 9.22. The first kappa shape index (κ1) is 16.5. The Morgan fingerprint density at radius 3 is 2.43 bits per heavy atom. The number of unbranched alkanes of at least 4 members (excludes halogenated alkanes) is 3. The van der Waals surface area contributed by atoms with Gasteiger partial charge in [-0.25, -0.2) is 0 Å². The van der Waals surface area contributed by atoms with E-state index in [0.717, 1.165) is 19.8 Å². The Kier molecular flexibility index (Phi) is 7.25. The number of hydrogen-bond acceptors (Lipinski definition) is 2. The Bertz CT molecular complexity index is 489. The Morgan fingerprint density at radius 1 is 1.05 bits per heavy atom. The zero-order chi connectivity index (χ0) is 14.9. The summed E-state index contributed by atoms with van der Waals surface area (Å²) in [6.45, 7) is 6.84. The SMILES string of the molecule is CCCCCC1COCCO1.CCCCc1cc2ccc1=2. The molecular formula is C19H30O2. The molecule has 1 unspecified atom stereocenters. The van der Waals surface area contributed by atoms with Crippen LogP contribution in [0.5, 0.6) is 0 Å². The van der Waals surface area contributed by atoms with E-state index in [0.29, 0.717) is 6.10 Å². The minimum Gasteiger partial charge on any atom is -0.376 e. The van der Waals surface area contributed by atoms with E-state index in [1.807, 2.05) is 0 Å². The van der Waals surface area contributed by atoms with Gasteiger partial charge in [0.15, 0.2) is 0 Å². The van der Waals surface area contributed by atoms with E-state index >= 15 is 0 Å². The monoisotopic (exact) mass is 290 g/mol. The summed E-state index contributed by atoms with van der Waals surface area (Å²) in [7, 11) is 0. The van der Waals surface area contributed by atoms with Crippen molar-refractivity contribution in [1.29, 1.82) is 0 Å². The van der Waals surface area contributed by atoms with Gasteiger partial charge in [0.1, 0.15) is 0 Å². The van der Waals surface area contributed by atoms with Crippen LogP contribution in [0.4, 0.5) is 0 Å². The lowest BCUT2D eigenvalue weighted by Crippen LogP contribution is -2.28. The average Bonchev–Trinajstić information content (AvgIpc) is 2.51. The third-order valence-corrected chi connectivity index (χ3v) is 4.23. The quantitative estimate of drug-likeness (QED) is 0.693. The molecule has 0 aromatic rings. The van der Waals surface area contributed by atoms with Crippen LogP contribution in [-0.4, -0.2) is 25.9 Å². The first-order valence-electron chi connectivity index (χ1n) is 8.67. The molecule has 0 spiro atoms. The highest BCUT2D eigenvalue weighted by Gasteiger charge is 2.12. The highest BCUT2D eigenvalue weighted by Crippen LogP contribution is 2.17. The van der Waals surface area contributed by atoms with Gasteiger partial charge in [0.2, 0.25) is 0 Å². The maximum Gasteiger partial charge on any atom is 0.0809 e. The van der Waals surface area contributed by atoms with Crippen LogP contribution in [-0.2, 0) is 15.9 Å². The molecule has 2 heteroatoms. The van der Waals surface area contributed by atoms with Gasteiger partial charge in [-0.2, -0.15) is 0 Å². The van der Waals surface area contributed by atoms with Crippen LogP contribution < -0.4 is 0 Å². The van der Waals surface area contributed by atoms with E-state index in [4.69, 9.17) is 9.47 Å². The third-order valence-electron chi connectivity index (χ3n) is 4.23. The minimum atomic E-state index is 0.385. The van der Waals surface area contributed by atoms with Crippen molar-refractivity contribution in [3.05, 3.63) is 34.2 Å². The van der Waals surface area contributed by atoms with E-state index < -0.39 is 0 Å².